The Morgan fingerprint density at radius 1 is 1.56 bits per heavy atom. The summed E-state index contributed by atoms with van der Waals surface area (Å²) in [4.78, 5) is 0. The number of morpholine rings is 1. The fourth-order valence-corrected chi connectivity index (χ4v) is 0.929. The highest BCUT2D eigenvalue weighted by atomic mass is 16.5. The number of nitrogens with two attached hydrogens (primary N) is 1. The molecule has 1 heterocycles. The standard InChI is InChI=1S/C6H14N2O/c1-5-4-9-6(2)3-8(5)7/h5-6H,3-4,7H2,1-2H3/t5-,6-/m0/s1. The van der Waals surface area contributed by atoms with Crippen LogP contribution in [0.4, 0.5) is 0 Å². The second-order valence-corrected chi connectivity index (χ2v) is 2.69. The molecule has 1 aliphatic rings. The van der Waals surface area contributed by atoms with Gasteiger partial charge in [-0.15, -0.1) is 0 Å². The summed E-state index contributed by atoms with van der Waals surface area (Å²) in [5, 5.41) is 1.83. The molecule has 2 N–H and O–H groups in total. The van der Waals surface area contributed by atoms with Crippen LogP contribution >= 0.6 is 0 Å². The molecule has 1 saturated heterocycles. The first-order valence-corrected chi connectivity index (χ1v) is 3.33. The molecule has 0 spiro atoms. The normalized spacial score (nSPS) is 39.0. The molecule has 0 unspecified atom stereocenters. The minimum atomic E-state index is 0.297. The summed E-state index contributed by atoms with van der Waals surface area (Å²) < 4.78 is 5.34. The monoisotopic (exact) mass is 130 g/mol. The summed E-state index contributed by atoms with van der Waals surface area (Å²) in [7, 11) is 0. The van der Waals surface area contributed by atoms with Gasteiger partial charge in [0.25, 0.3) is 0 Å². The highest BCUT2D eigenvalue weighted by molar-refractivity contribution is 4.69. The SMILES string of the molecule is C[C@H]1CN(N)[C@@H](C)CO1. The molecule has 54 valence electrons. The Kier molecular flexibility index (Phi) is 2.05. The van der Waals surface area contributed by atoms with Crippen LogP contribution in [0.1, 0.15) is 13.8 Å². The van der Waals surface area contributed by atoms with Crippen molar-refractivity contribution in [3.8, 4) is 0 Å². The number of hydrogen-bond donors (Lipinski definition) is 1. The predicted octanol–water partition coefficient (Wildman–Crippen LogP) is -0.0307. The van der Waals surface area contributed by atoms with E-state index >= 15 is 0 Å². The zero-order chi connectivity index (χ0) is 6.85. The first-order chi connectivity index (χ1) is 4.20. The average molecular weight is 130 g/mol. The van der Waals surface area contributed by atoms with E-state index < -0.39 is 0 Å². The molecule has 9 heavy (non-hydrogen) atoms. The lowest BCUT2D eigenvalue weighted by Crippen LogP contribution is -2.50. The van der Waals surface area contributed by atoms with E-state index in [9.17, 15) is 0 Å². The first-order valence-electron chi connectivity index (χ1n) is 3.33. The van der Waals surface area contributed by atoms with Gasteiger partial charge in [-0.25, -0.2) is 5.01 Å². The smallest absolute Gasteiger partial charge is 0.0688 e. The number of rotatable bonds is 0. The van der Waals surface area contributed by atoms with Crippen LogP contribution in [0.5, 0.6) is 0 Å². The molecule has 2 atom stereocenters. The van der Waals surface area contributed by atoms with Crippen LogP contribution in [0.15, 0.2) is 0 Å². The molecule has 1 aliphatic heterocycles. The molecular formula is C6H14N2O. The number of hydrogen-bond acceptors (Lipinski definition) is 3. The summed E-state index contributed by atoms with van der Waals surface area (Å²) in [5.74, 6) is 5.62. The lowest BCUT2D eigenvalue weighted by atomic mass is 10.2. The molecule has 3 heteroatoms. The summed E-state index contributed by atoms with van der Waals surface area (Å²) in [6, 6.07) is 0.376. The minimum Gasteiger partial charge on any atom is -0.375 e. The van der Waals surface area contributed by atoms with Gasteiger partial charge in [-0.05, 0) is 13.8 Å². The topological polar surface area (TPSA) is 38.5 Å². The van der Waals surface area contributed by atoms with Gasteiger partial charge in [-0.2, -0.15) is 0 Å². The van der Waals surface area contributed by atoms with Crippen molar-refractivity contribution in [1.82, 2.24) is 5.01 Å². The van der Waals surface area contributed by atoms with E-state index in [0.717, 1.165) is 13.2 Å². The Morgan fingerprint density at radius 3 is 2.67 bits per heavy atom. The van der Waals surface area contributed by atoms with Gasteiger partial charge in [0.05, 0.1) is 12.7 Å². The van der Waals surface area contributed by atoms with E-state index in [0.29, 0.717) is 12.1 Å². The van der Waals surface area contributed by atoms with E-state index in [-0.39, 0.29) is 0 Å². The Hall–Kier alpha value is -0.120. The Labute approximate surface area is 55.7 Å². The van der Waals surface area contributed by atoms with Crippen LogP contribution in [0.25, 0.3) is 0 Å². The van der Waals surface area contributed by atoms with E-state index in [1.54, 1.807) is 0 Å². The van der Waals surface area contributed by atoms with Crippen LogP contribution in [-0.4, -0.2) is 30.3 Å². The molecule has 0 radical (unpaired) electrons. The zero-order valence-electron chi connectivity index (χ0n) is 6.00. The van der Waals surface area contributed by atoms with E-state index in [1.165, 1.54) is 0 Å². The lowest BCUT2D eigenvalue weighted by Gasteiger charge is -2.32. The van der Waals surface area contributed by atoms with Crippen LogP contribution < -0.4 is 5.84 Å². The van der Waals surface area contributed by atoms with Crippen LogP contribution in [0, 0.1) is 0 Å². The minimum absolute atomic E-state index is 0.297. The molecule has 0 aliphatic carbocycles. The third kappa shape index (κ3) is 1.64. The zero-order valence-corrected chi connectivity index (χ0v) is 6.00. The highest BCUT2D eigenvalue weighted by Gasteiger charge is 2.19. The second-order valence-electron chi connectivity index (χ2n) is 2.69. The highest BCUT2D eigenvalue weighted by Crippen LogP contribution is 2.05. The molecule has 1 fully saturated rings. The molecular weight excluding hydrogens is 116 g/mol. The van der Waals surface area contributed by atoms with E-state index in [1.807, 2.05) is 11.9 Å². The Morgan fingerprint density at radius 2 is 2.22 bits per heavy atom. The van der Waals surface area contributed by atoms with Crippen molar-refractivity contribution in [2.24, 2.45) is 5.84 Å². The van der Waals surface area contributed by atoms with Gasteiger partial charge in [0.2, 0.25) is 0 Å². The van der Waals surface area contributed by atoms with Crippen molar-refractivity contribution >= 4 is 0 Å². The summed E-state index contributed by atoms with van der Waals surface area (Å²) in [5.41, 5.74) is 0. The fraction of sp³-hybridized carbons (Fsp3) is 1.00. The van der Waals surface area contributed by atoms with E-state index in [2.05, 4.69) is 6.92 Å². The molecule has 0 aromatic heterocycles. The third-order valence-electron chi connectivity index (χ3n) is 1.66. The van der Waals surface area contributed by atoms with Gasteiger partial charge in [0, 0.05) is 12.6 Å². The molecule has 0 aromatic carbocycles. The van der Waals surface area contributed by atoms with Crippen molar-refractivity contribution in [1.29, 1.82) is 0 Å². The summed E-state index contributed by atoms with van der Waals surface area (Å²) >= 11 is 0. The maximum atomic E-state index is 5.62. The van der Waals surface area contributed by atoms with Crippen LogP contribution in [0.3, 0.4) is 0 Å². The molecule has 3 nitrogen and oxygen atoms in total. The summed E-state index contributed by atoms with van der Waals surface area (Å²) in [6.07, 6.45) is 0.297. The average Bonchev–Trinajstić information content (AvgIpc) is 1.80. The maximum Gasteiger partial charge on any atom is 0.0688 e. The molecule has 1 rings (SSSR count). The number of nitrogens with zero attached hydrogens (tertiary/aromatic N) is 1. The van der Waals surface area contributed by atoms with Gasteiger partial charge in [0.15, 0.2) is 0 Å². The Bertz CT molecular complexity index is 97.1. The molecule has 0 aromatic rings. The van der Waals surface area contributed by atoms with Crippen molar-refractivity contribution in [2.75, 3.05) is 13.2 Å². The lowest BCUT2D eigenvalue weighted by molar-refractivity contribution is -0.0498. The van der Waals surface area contributed by atoms with Gasteiger partial charge < -0.3 is 4.74 Å². The van der Waals surface area contributed by atoms with Crippen LogP contribution in [-0.2, 0) is 4.74 Å². The molecule has 0 bridgehead atoms. The third-order valence-corrected chi connectivity index (χ3v) is 1.66. The largest absolute Gasteiger partial charge is 0.375 e. The van der Waals surface area contributed by atoms with Crippen LogP contribution in [0.2, 0.25) is 0 Å². The van der Waals surface area contributed by atoms with Gasteiger partial charge in [0.1, 0.15) is 0 Å². The molecule has 0 saturated carbocycles. The first kappa shape index (κ1) is 6.99. The molecule has 0 amide bonds. The maximum absolute atomic E-state index is 5.62. The van der Waals surface area contributed by atoms with Crippen molar-refractivity contribution < 1.29 is 4.74 Å². The summed E-state index contributed by atoms with van der Waals surface area (Å²) in [6.45, 7) is 5.70. The second kappa shape index (κ2) is 2.64. The number of ether oxygens (including phenoxy) is 1. The quantitative estimate of drug-likeness (QED) is 0.468. The van der Waals surface area contributed by atoms with Gasteiger partial charge in [-0.1, -0.05) is 0 Å². The van der Waals surface area contributed by atoms with Crippen molar-refractivity contribution in [3.63, 3.8) is 0 Å². The van der Waals surface area contributed by atoms with E-state index in [4.69, 9.17) is 10.6 Å². The number of hydrazine groups is 1. The fourth-order valence-electron chi connectivity index (χ4n) is 0.929. The predicted molar refractivity (Wildman–Crippen MR) is 35.8 cm³/mol. The van der Waals surface area contributed by atoms with Crippen molar-refractivity contribution in [3.05, 3.63) is 0 Å². The van der Waals surface area contributed by atoms with Gasteiger partial charge >= 0.3 is 0 Å². The Balaban J connectivity index is 2.35. The van der Waals surface area contributed by atoms with Crippen molar-refractivity contribution in [2.45, 2.75) is 26.0 Å². The van der Waals surface area contributed by atoms with Gasteiger partial charge in [-0.3, -0.25) is 5.84 Å².